The predicted molar refractivity (Wildman–Crippen MR) is 129 cm³/mol. The van der Waals surface area contributed by atoms with Crippen molar-refractivity contribution in [3.8, 4) is 11.5 Å². The Labute approximate surface area is 211 Å². The topological polar surface area (TPSA) is 161 Å². The second kappa shape index (κ2) is 13.7. The van der Waals surface area contributed by atoms with Crippen LogP contribution >= 0.6 is 0 Å². The number of esters is 1. The van der Waals surface area contributed by atoms with Gasteiger partial charge in [0.25, 0.3) is 0 Å². The van der Waals surface area contributed by atoms with Gasteiger partial charge >= 0.3 is 24.2 Å². The van der Waals surface area contributed by atoms with Crippen LogP contribution in [-0.4, -0.2) is 53.2 Å². The molecule has 0 radical (unpaired) electrons. The molecule has 1 rings (SSSR count). The number of carbonyl (C=O) groups is 4. The van der Waals surface area contributed by atoms with Gasteiger partial charge in [0.1, 0.15) is 11.6 Å². The molecule has 0 fully saturated rings. The van der Waals surface area contributed by atoms with E-state index in [1.165, 1.54) is 18.2 Å². The molecule has 3 N–H and O–H groups in total. The molecule has 1 aromatic carbocycles. The lowest BCUT2D eigenvalue weighted by Crippen LogP contribution is -2.52. The Kier molecular flexibility index (Phi) is 11.7. The van der Waals surface area contributed by atoms with E-state index in [-0.39, 0.29) is 36.7 Å². The Morgan fingerprint density at radius 2 is 1.39 bits per heavy atom. The van der Waals surface area contributed by atoms with Crippen molar-refractivity contribution in [3.05, 3.63) is 23.8 Å². The fourth-order valence-electron chi connectivity index (χ4n) is 3.20. The largest absolute Gasteiger partial charge is 0.514 e. The van der Waals surface area contributed by atoms with Gasteiger partial charge in [-0.2, -0.15) is 0 Å². The number of hydrogen-bond acceptors (Lipinski definition) is 10. The third-order valence-electron chi connectivity index (χ3n) is 4.56. The molecule has 0 amide bonds. The smallest absolute Gasteiger partial charge is 0.480 e. The van der Waals surface area contributed by atoms with Gasteiger partial charge < -0.3 is 34.5 Å². The van der Waals surface area contributed by atoms with E-state index in [0.29, 0.717) is 5.56 Å². The van der Waals surface area contributed by atoms with Crippen LogP contribution in [-0.2, 0) is 30.2 Å². The maximum atomic E-state index is 12.1. The average Bonchev–Trinajstić information content (AvgIpc) is 2.67. The molecule has 0 aliphatic carbocycles. The lowest BCUT2D eigenvalue weighted by molar-refractivity contribution is -0.154. The third kappa shape index (κ3) is 10.9. The minimum absolute atomic E-state index is 0.0890. The number of ether oxygens (including phenoxy) is 5. The lowest BCUT2D eigenvalue weighted by Gasteiger charge is -2.28. The summed E-state index contributed by atoms with van der Waals surface area (Å²) in [6, 6.07) is 4.11. The number of carboxylic acids is 1. The minimum Gasteiger partial charge on any atom is -0.480 e. The van der Waals surface area contributed by atoms with Crippen LogP contribution in [0.5, 0.6) is 11.5 Å². The lowest BCUT2D eigenvalue weighted by atomic mass is 9.86. The maximum absolute atomic E-state index is 12.1. The van der Waals surface area contributed by atoms with Crippen LogP contribution in [0, 0.1) is 5.92 Å². The Balaban J connectivity index is 3.17. The van der Waals surface area contributed by atoms with E-state index in [4.69, 9.17) is 29.4 Å². The Bertz CT molecular complexity index is 927. The molecule has 1 unspecified atom stereocenters. The molecular weight excluding hydrogens is 474 g/mol. The molecule has 0 aliphatic heterocycles. The van der Waals surface area contributed by atoms with Crippen molar-refractivity contribution < 1.29 is 48.0 Å². The summed E-state index contributed by atoms with van der Waals surface area (Å²) in [4.78, 5) is 48.1. The van der Waals surface area contributed by atoms with Crippen LogP contribution in [0.2, 0.25) is 0 Å². The van der Waals surface area contributed by atoms with Crippen molar-refractivity contribution in [1.29, 1.82) is 0 Å². The molecule has 0 heterocycles. The monoisotopic (exact) mass is 511 g/mol. The zero-order chi connectivity index (χ0) is 27.6. The Morgan fingerprint density at radius 3 is 1.86 bits per heavy atom. The molecular formula is C25H37NO10. The highest BCUT2D eigenvalue weighted by Gasteiger charge is 2.37. The van der Waals surface area contributed by atoms with E-state index in [0.717, 1.165) is 0 Å². The fraction of sp³-hybridized carbons (Fsp3) is 0.600. The van der Waals surface area contributed by atoms with Crippen molar-refractivity contribution in [3.63, 3.8) is 0 Å². The molecule has 0 spiro atoms. The highest BCUT2D eigenvalue weighted by molar-refractivity contribution is 5.79. The van der Waals surface area contributed by atoms with Gasteiger partial charge in [-0.3, -0.25) is 9.59 Å². The summed E-state index contributed by atoms with van der Waals surface area (Å²) in [7, 11) is 0. The van der Waals surface area contributed by atoms with Crippen LogP contribution in [0.25, 0.3) is 0 Å². The van der Waals surface area contributed by atoms with E-state index < -0.39 is 48.1 Å². The Morgan fingerprint density at radius 1 is 0.861 bits per heavy atom. The first-order valence-corrected chi connectivity index (χ1v) is 11.7. The van der Waals surface area contributed by atoms with E-state index in [9.17, 15) is 24.3 Å². The molecule has 36 heavy (non-hydrogen) atoms. The number of hydrogen-bond donors (Lipinski definition) is 2. The van der Waals surface area contributed by atoms with E-state index >= 15 is 0 Å². The summed E-state index contributed by atoms with van der Waals surface area (Å²) in [5.74, 6) is -2.00. The number of nitrogens with two attached hydrogens (primary N) is 1. The zero-order valence-corrected chi connectivity index (χ0v) is 21.9. The maximum Gasteiger partial charge on any atom is 0.514 e. The van der Waals surface area contributed by atoms with Crippen molar-refractivity contribution in [2.24, 2.45) is 11.7 Å². The van der Waals surface area contributed by atoms with Gasteiger partial charge in [-0.25, -0.2) is 9.59 Å². The average molecular weight is 512 g/mol. The van der Waals surface area contributed by atoms with E-state index in [1.807, 2.05) is 13.8 Å². The van der Waals surface area contributed by atoms with Gasteiger partial charge in [-0.15, -0.1) is 0 Å². The molecule has 0 bridgehead atoms. The third-order valence-corrected chi connectivity index (χ3v) is 4.56. The summed E-state index contributed by atoms with van der Waals surface area (Å²) < 4.78 is 25.6. The highest BCUT2D eigenvalue weighted by Crippen LogP contribution is 2.31. The van der Waals surface area contributed by atoms with Gasteiger partial charge in [0.2, 0.25) is 0 Å². The van der Waals surface area contributed by atoms with Gasteiger partial charge in [0, 0.05) is 19.3 Å². The first-order valence-electron chi connectivity index (χ1n) is 11.7. The quantitative estimate of drug-likeness (QED) is 0.235. The second-order valence-corrected chi connectivity index (χ2v) is 9.56. The van der Waals surface area contributed by atoms with Crippen LogP contribution in [0.3, 0.4) is 0 Å². The normalized spacial score (nSPS) is 13.6. The van der Waals surface area contributed by atoms with Crippen molar-refractivity contribution >= 4 is 24.2 Å². The van der Waals surface area contributed by atoms with Crippen molar-refractivity contribution in [2.45, 2.75) is 91.6 Å². The molecule has 0 saturated heterocycles. The summed E-state index contributed by atoms with van der Waals surface area (Å²) in [5, 5.41) is 9.84. The SMILES string of the molecule is CC(C)CC(=O)O[C@@H](C)CC(N)(Cc1ccc(OC(=O)OC(C)C)c(OC(=O)OC(C)C)c1)C(=O)O. The van der Waals surface area contributed by atoms with Gasteiger partial charge in [-0.05, 0) is 58.2 Å². The van der Waals surface area contributed by atoms with Gasteiger partial charge in [-0.1, -0.05) is 19.9 Å². The summed E-state index contributed by atoms with van der Waals surface area (Å²) in [6.07, 6.45) is -3.93. The number of carboxylic acid groups (broad SMARTS) is 1. The highest BCUT2D eigenvalue weighted by atomic mass is 16.7. The van der Waals surface area contributed by atoms with Crippen molar-refractivity contribution in [1.82, 2.24) is 0 Å². The van der Waals surface area contributed by atoms with Gasteiger partial charge in [0.15, 0.2) is 11.5 Å². The molecule has 0 aliphatic rings. The fourth-order valence-corrected chi connectivity index (χ4v) is 3.20. The predicted octanol–water partition coefficient (Wildman–Crippen LogP) is 4.23. The first kappa shape index (κ1) is 30.7. The van der Waals surface area contributed by atoms with Crippen LogP contribution < -0.4 is 15.2 Å². The molecule has 0 saturated carbocycles. The van der Waals surface area contributed by atoms with Crippen molar-refractivity contribution in [2.75, 3.05) is 0 Å². The molecule has 202 valence electrons. The molecule has 1 aromatic rings. The number of aliphatic carboxylic acids is 1. The molecule has 11 nitrogen and oxygen atoms in total. The first-order chi connectivity index (χ1) is 16.6. The van der Waals surface area contributed by atoms with Crippen LogP contribution in [0.4, 0.5) is 9.59 Å². The van der Waals surface area contributed by atoms with Crippen LogP contribution in [0.1, 0.15) is 66.9 Å². The number of benzene rings is 1. The van der Waals surface area contributed by atoms with Crippen LogP contribution in [0.15, 0.2) is 18.2 Å². The minimum atomic E-state index is -1.81. The summed E-state index contributed by atoms with van der Waals surface area (Å²) in [5.41, 5.74) is 4.76. The van der Waals surface area contributed by atoms with Gasteiger partial charge in [0.05, 0.1) is 12.2 Å². The molecule has 2 atom stereocenters. The summed E-state index contributed by atoms with van der Waals surface area (Å²) >= 11 is 0. The Hall–Kier alpha value is -3.34. The molecule has 0 aromatic heterocycles. The second-order valence-electron chi connectivity index (χ2n) is 9.56. The number of carbonyl (C=O) groups excluding carboxylic acids is 3. The summed E-state index contributed by atoms with van der Waals surface area (Å²) in [6.45, 7) is 11.8. The zero-order valence-electron chi connectivity index (χ0n) is 21.9. The molecule has 11 heteroatoms. The standard InChI is InChI=1S/C25H37NO10/c1-14(2)10-21(27)34-17(7)12-25(26,22(28)29)13-18-8-9-19(35-23(30)32-15(3)4)20(11-18)36-24(31)33-16(5)6/h8-9,11,14-17H,10,12-13,26H2,1-7H3,(H,28,29)/t17-,25?/m0/s1. The number of rotatable bonds is 12. The van der Waals surface area contributed by atoms with E-state index in [2.05, 4.69) is 0 Å². The van der Waals surface area contributed by atoms with E-state index in [1.54, 1.807) is 34.6 Å².